The van der Waals surface area contributed by atoms with E-state index in [0.717, 1.165) is 38.9 Å². The first-order chi connectivity index (χ1) is 16.0. The van der Waals surface area contributed by atoms with Crippen molar-refractivity contribution in [2.45, 2.75) is 130 Å². The molecule has 0 radical (unpaired) electrons. The Hall–Kier alpha value is -1.14. The Bertz CT molecular complexity index is 452. The minimum atomic E-state index is -1.27. The van der Waals surface area contributed by atoms with E-state index in [1.807, 2.05) is 0 Å². The summed E-state index contributed by atoms with van der Waals surface area (Å²) in [6, 6.07) is 0. The summed E-state index contributed by atoms with van der Waals surface area (Å²) in [5.74, 6) is -0.698. The van der Waals surface area contributed by atoms with E-state index in [1.165, 1.54) is 77.0 Å². The molecule has 0 aromatic carbocycles. The summed E-state index contributed by atoms with van der Waals surface area (Å²) in [6.07, 6.45) is 16.7. The zero-order chi connectivity index (χ0) is 24.6. The van der Waals surface area contributed by atoms with Crippen LogP contribution < -0.4 is 10.6 Å². The molecule has 2 amide bonds. The molecule has 1 atom stereocenters. The molecule has 0 aromatic rings. The lowest BCUT2D eigenvalue weighted by molar-refractivity contribution is -0.134. The maximum absolute atomic E-state index is 12.0. The SMILES string of the molecule is CCCCCCCCCCCCNC(=O)C(O)CC(=O)NCCCN(CCCC)CCCC. The number of carbonyl (C=O) groups is 2. The number of hydrogen-bond acceptors (Lipinski definition) is 4. The Balaban J connectivity index is 3.73. The number of unbranched alkanes of at least 4 members (excludes halogenated alkanes) is 11. The van der Waals surface area contributed by atoms with Gasteiger partial charge in [-0.05, 0) is 45.3 Å². The number of carbonyl (C=O) groups excluding carboxylic acids is 2. The molecule has 6 nitrogen and oxygen atoms in total. The zero-order valence-electron chi connectivity index (χ0n) is 22.1. The second-order valence-electron chi connectivity index (χ2n) is 9.45. The van der Waals surface area contributed by atoms with Crippen molar-refractivity contribution in [3.05, 3.63) is 0 Å². The molecule has 0 heterocycles. The summed E-state index contributed by atoms with van der Waals surface area (Å²) in [5, 5.41) is 15.6. The average molecular weight is 470 g/mol. The Labute approximate surface area is 204 Å². The summed E-state index contributed by atoms with van der Waals surface area (Å²) in [7, 11) is 0. The highest BCUT2D eigenvalue weighted by atomic mass is 16.3. The second-order valence-corrected chi connectivity index (χ2v) is 9.45. The van der Waals surface area contributed by atoms with E-state index in [4.69, 9.17) is 0 Å². The van der Waals surface area contributed by atoms with E-state index >= 15 is 0 Å². The fraction of sp³-hybridized carbons (Fsp3) is 0.926. The van der Waals surface area contributed by atoms with Gasteiger partial charge in [-0.1, -0.05) is 91.4 Å². The molecule has 0 aromatic heterocycles. The standard InChI is InChI=1S/C27H55N3O3/c1-4-7-10-11-12-13-14-15-16-17-19-29-27(33)25(31)24-26(32)28-20-18-23-30(21-8-5-2)22-9-6-3/h25,31H,4-24H2,1-3H3,(H,28,32)(H,29,33). The number of hydrogen-bond donors (Lipinski definition) is 3. The van der Waals surface area contributed by atoms with Crippen LogP contribution in [0, 0.1) is 0 Å². The van der Waals surface area contributed by atoms with Crippen molar-refractivity contribution < 1.29 is 14.7 Å². The van der Waals surface area contributed by atoms with Gasteiger partial charge in [0.25, 0.3) is 0 Å². The quantitative estimate of drug-likeness (QED) is 0.170. The lowest BCUT2D eigenvalue weighted by Gasteiger charge is -2.22. The first-order valence-corrected chi connectivity index (χ1v) is 14.0. The highest BCUT2D eigenvalue weighted by Gasteiger charge is 2.18. The van der Waals surface area contributed by atoms with E-state index in [-0.39, 0.29) is 12.3 Å². The second kappa shape index (κ2) is 24.0. The van der Waals surface area contributed by atoms with E-state index in [9.17, 15) is 14.7 Å². The van der Waals surface area contributed by atoms with Crippen LogP contribution in [0.4, 0.5) is 0 Å². The van der Waals surface area contributed by atoms with Gasteiger partial charge in [0, 0.05) is 13.1 Å². The smallest absolute Gasteiger partial charge is 0.249 e. The van der Waals surface area contributed by atoms with Crippen LogP contribution in [0.1, 0.15) is 124 Å². The van der Waals surface area contributed by atoms with Gasteiger partial charge in [0.05, 0.1) is 6.42 Å². The molecule has 196 valence electrons. The predicted octanol–water partition coefficient (Wildman–Crippen LogP) is 5.18. The van der Waals surface area contributed by atoms with Gasteiger partial charge in [0.1, 0.15) is 6.10 Å². The molecule has 6 heteroatoms. The van der Waals surface area contributed by atoms with Crippen LogP contribution >= 0.6 is 0 Å². The molecular weight excluding hydrogens is 414 g/mol. The Morgan fingerprint density at radius 3 is 1.64 bits per heavy atom. The van der Waals surface area contributed by atoms with E-state index < -0.39 is 12.0 Å². The predicted molar refractivity (Wildman–Crippen MR) is 139 cm³/mol. The van der Waals surface area contributed by atoms with Gasteiger partial charge in [-0.15, -0.1) is 0 Å². The van der Waals surface area contributed by atoms with E-state index in [0.29, 0.717) is 13.1 Å². The van der Waals surface area contributed by atoms with Crippen molar-refractivity contribution in [1.82, 2.24) is 15.5 Å². The fourth-order valence-corrected chi connectivity index (χ4v) is 3.91. The molecule has 3 N–H and O–H groups in total. The van der Waals surface area contributed by atoms with Crippen LogP contribution in [0.2, 0.25) is 0 Å². The van der Waals surface area contributed by atoms with Crippen LogP contribution in [-0.4, -0.2) is 60.6 Å². The molecule has 0 bridgehead atoms. The highest BCUT2D eigenvalue weighted by molar-refractivity contribution is 5.87. The zero-order valence-corrected chi connectivity index (χ0v) is 22.1. The topological polar surface area (TPSA) is 81.7 Å². The summed E-state index contributed by atoms with van der Waals surface area (Å²) >= 11 is 0. The van der Waals surface area contributed by atoms with Gasteiger partial charge < -0.3 is 20.6 Å². The number of aliphatic hydroxyl groups excluding tert-OH is 1. The molecule has 33 heavy (non-hydrogen) atoms. The summed E-state index contributed by atoms with van der Waals surface area (Å²) < 4.78 is 0. The van der Waals surface area contributed by atoms with E-state index in [1.54, 1.807) is 0 Å². The summed E-state index contributed by atoms with van der Waals surface area (Å²) in [6.45, 7) is 11.0. The maximum atomic E-state index is 12.0. The van der Waals surface area contributed by atoms with Crippen LogP contribution in [0.3, 0.4) is 0 Å². The minimum absolute atomic E-state index is 0.167. The molecule has 0 aliphatic carbocycles. The molecule has 0 spiro atoms. The van der Waals surface area contributed by atoms with Crippen LogP contribution in [0.25, 0.3) is 0 Å². The fourth-order valence-electron chi connectivity index (χ4n) is 3.91. The van der Waals surface area contributed by atoms with Crippen LogP contribution in [-0.2, 0) is 9.59 Å². The van der Waals surface area contributed by atoms with Crippen molar-refractivity contribution in [2.24, 2.45) is 0 Å². The van der Waals surface area contributed by atoms with Crippen molar-refractivity contribution in [3.63, 3.8) is 0 Å². The first kappa shape index (κ1) is 31.9. The van der Waals surface area contributed by atoms with Crippen molar-refractivity contribution >= 4 is 11.8 Å². The van der Waals surface area contributed by atoms with Gasteiger partial charge in [0.15, 0.2) is 0 Å². The Kier molecular flexibility index (Phi) is 23.2. The third-order valence-corrected chi connectivity index (χ3v) is 6.14. The molecule has 0 rings (SSSR count). The van der Waals surface area contributed by atoms with Gasteiger partial charge in [-0.25, -0.2) is 0 Å². The molecule has 0 aliphatic rings. The van der Waals surface area contributed by atoms with E-state index in [2.05, 4.69) is 36.3 Å². The monoisotopic (exact) mass is 469 g/mol. The third kappa shape index (κ3) is 21.2. The molecule has 0 saturated heterocycles. The number of aliphatic hydroxyl groups is 1. The average Bonchev–Trinajstić information content (AvgIpc) is 2.81. The normalized spacial score (nSPS) is 12.2. The van der Waals surface area contributed by atoms with Gasteiger partial charge >= 0.3 is 0 Å². The van der Waals surface area contributed by atoms with Gasteiger partial charge in [-0.3, -0.25) is 9.59 Å². The van der Waals surface area contributed by atoms with Crippen LogP contribution in [0.5, 0.6) is 0 Å². The highest BCUT2D eigenvalue weighted by Crippen LogP contribution is 2.10. The minimum Gasteiger partial charge on any atom is -0.383 e. The van der Waals surface area contributed by atoms with Crippen molar-refractivity contribution in [2.75, 3.05) is 32.7 Å². The Morgan fingerprint density at radius 2 is 1.09 bits per heavy atom. The molecule has 0 saturated carbocycles. The van der Waals surface area contributed by atoms with Crippen LogP contribution in [0.15, 0.2) is 0 Å². The third-order valence-electron chi connectivity index (χ3n) is 6.14. The van der Waals surface area contributed by atoms with Crippen molar-refractivity contribution in [3.8, 4) is 0 Å². The maximum Gasteiger partial charge on any atom is 0.249 e. The number of rotatable bonds is 24. The number of nitrogens with one attached hydrogen (secondary N) is 2. The lowest BCUT2D eigenvalue weighted by Crippen LogP contribution is -2.39. The molecule has 0 fully saturated rings. The summed E-state index contributed by atoms with van der Waals surface area (Å²) in [4.78, 5) is 26.5. The molecule has 1 unspecified atom stereocenters. The van der Waals surface area contributed by atoms with Gasteiger partial charge in [0.2, 0.25) is 11.8 Å². The van der Waals surface area contributed by atoms with Crippen molar-refractivity contribution in [1.29, 1.82) is 0 Å². The molecule has 0 aliphatic heterocycles. The number of nitrogens with zero attached hydrogens (tertiary/aromatic N) is 1. The largest absolute Gasteiger partial charge is 0.383 e. The summed E-state index contributed by atoms with van der Waals surface area (Å²) in [5.41, 5.74) is 0. The molecular formula is C27H55N3O3. The number of amides is 2. The Morgan fingerprint density at radius 1 is 0.636 bits per heavy atom. The lowest BCUT2D eigenvalue weighted by atomic mass is 10.1. The van der Waals surface area contributed by atoms with Gasteiger partial charge in [-0.2, -0.15) is 0 Å². The first-order valence-electron chi connectivity index (χ1n) is 14.0.